The molecule has 1 spiro atoms. The van der Waals surface area contributed by atoms with Gasteiger partial charge in [-0.1, -0.05) is 11.6 Å². The maximum Gasteiger partial charge on any atom is 0.0115 e. The molecule has 2 aliphatic rings. The van der Waals surface area contributed by atoms with Crippen molar-refractivity contribution in [1.29, 1.82) is 0 Å². The summed E-state index contributed by atoms with van der Waals surface area (Å²) in [5.41, 5.74) is 2.26. The van der Waals surface area contributed by atoms with Gasteiger partial charge in [-0.15, -0.1) is 0 Å². The van der Waals surface area contributed by atoms with Crippen LogP contribution in [-0.4, -0.2) is 25.0 Å². The van der Waals surface area contributed by atoms with Crippen molar-refractivity contribution >= 4 is 0 Å². The van der Waals surface area contributed by atoms with Crippen LogP contribution in [0.1, 0.15) is 19.8 Å². The Kier molecular flexibility index (Phi) is 1.19. The predicted molar refractivity (Wildman–Crippen MR) is 42.9 cm³/mol. The summed E-state index contributed by atoms with van der Waals surface area (Å²) < 4.78 is 0. The summed E-state index contributed by atoms with van der Waals surface area (Å²) in [6.07, 6.45) is 5.19. The molecule has 1 heteroatoms. The van der Waals surface area contributed by atoms with E-state index in [2.05, 4.69) is 24.9 Å². The molecule has 0 amide bonds. The van der Waals surface area contributed by atoms with E-state index < -0.39 is 0 Å². The molecule has 0 bridgehead atoms. The van der Waals surface area contributed by atoms with Gasteiger partial charge in [0.15, 0.2) is 0 Å². The second kappa shape index (κ2) is 1.85. The van der Waals surface area contributed by atoms with Crippen molar-refractivity contribution in [2.75, 3.05) is 20.1 Å². The first-order valence-electron chi connectivity index (χ1n) is 4.11. The van der Waals surface area contributed by atoms with E-state index in [1.165, 1.54) is 25.9 Å². The van der Waals surface area contributed by atoms with Crippen molar-refractivity contribution in [1.82, 2.24) is 4.90 Å². The Hall–Kier alpha value is -0.300. The van der Waals surface area contributed by atoms with Crippen LogP contribution in [0.25, 0.3) is 0 Å². The number of allylic oxidation sites excluding steroid dienone is 2. The number of hydrogen-bond donors (Lipinski definition) is 0. The molecular weight excluding hydrogens is 122 g/mol. The van der Waals surface area contributed by atoms with Gasteiger partial charge in [0.2, 0.25) is 0 Å². The van der Waals surface area contributed by atoms with Gasteiger partial charge in [0.05, 0.1) is 0 Å². The lowest BCUT2D eigenvalue weighted by Crippen LogP contribution is -2.32. The van der Waals surface area contributed by atoms with E-state index >= 15 is 0 Å². The summed E-state index contributed by atoms with van der Waals surface area (Å²) in [5.74, 6) is 0. The third kappa shape index (κ3) is 0.807. The van der Waals surface area contributed by atoms with Gasteiger partial charge in [-0.2, -0.15) is 0 Å². The minimum atomic E-state index is 0.618. The minimum absolute atomic E-state index is 0.618. The molecule has 0 aromatic carbocycles. The van der Waals surface area contributed by atoms with E-state index in [9.17, 15) is 0 Å². The Morgan fingerprint density at radius 3 is 2.30 bits per heavy atom. The third-order valence-electron chi connectivity index (χ3n) is 3.07. The molecule has 1 aliphatic heterocycles. The molecule has 1 fully saturated rings. The Bertz CT molecular complexity index is 173. The molecule has 1 aliphatic carbocycles. The van der Waals surface area contributed by atoms with Crippen LogP contribution in [0.5, 0.6) is 0 Å². The largest absolute Gasteiger partial charge is 0.306 e. The van der Waals surface area contributed by atoms with E-state index in [0.717, 1.165) is 0 Å². The summed E-state index contributed by atoms with van der Waals surface area (Å²) in [4.78, 5) is 2.42. The van der Waals surface area contributed by atoms with Crippen LogP contribution in [0.15, 0.2) is 11.6 Å². The molecule has 10 heavy (non-hydrogen) atoms. The van der Waals surface area contributed by atoms with Crippen LogP contribution in [0, 0.1) is 5.41 Å². The van der Waals surface area contributed by atoms with E-state index in [1.807, 2.05) is 0 Å². The fourth-order valence-electron chi connectivity index (χ4n) is 1.93. The topological polar surface area (TPSA) is 3.24 Å². The van der Waals surface area contributed by atoms with Gasteiger partial charge in [0, 0.05) is 5.41 Å². The second-order valence-corrected chi connectivity index (χ2v) is 3.79. The number of rotatable bonds is 0. The standard InChI is InChI=1S/C9H15N/c1-8-7-9(8)3-5-10(2)6-4-9/h7H,3-6H2,1-2H3. The van der Waals surface area contributed by atoms with Crippen LogP contribution >= 0.6 is 0 Å². The van der Waals surface area contributed by atoms with Crippen molar-refractivity contribution in [3.8, 4) is 0 Å². The maximum absolute atomic E-state index is 2.44. The van der Waals surface area contributed by atoms with Crippen LogP contribution in [-0.2, 0) is 0 Å². The summed E-state index contributed by atoms with van der Waals surface area (Å²) in [6, 6.07) is 0. The van der Waals surface area contributed by atoms with Gasteiger partial charge in [-0.25, -0.2) is 0 Å². The van der Waals surface area contributed by atoms with Crippen molar-refractivity contribution in [3.63, 3.8) is 0 Å². The van der Waals surface area contributed by atoms with Crippen molar-refractivity contribution < 1.29 is 0 Å². The fraction of sp³-hybridized carbons (Fsp3) is 0.778. The number of hydrogen-bond acceptors (Lipinski definition) is 1. The van der Waals surface area contributed by atoms with Crippen LogP contribution < -0.4 is 0 Å². The summed E-state index contributed by atoms with van der Waals surface area (Å²) in [5, 5.41) is 0. The zero-order valence-corrected chi connectivity index (χ0v) is 6.85. The third-order valence-corrected chi connectivity index (χ3v) is 3.07. The highest BCUT2D eigenvalue weighted by molar-refractivity contribution is 5.37. The SMILES string of the molecule is CC1=CC12CCN(C)CC2. The summed E-state index contributed by atoms with van der Waals surface area (Å²) >= 11 is 0. The van der Waals surface area contributed by atoms with E-state index in [1.54, 1.807) is 5.57 Å². The molecule has 2 rings (SSSR count). The zero-order chi connectivity index (χ0) is 7.19. The monoisotopic (exact) mass is 137 g/mol. The molecule has 1 heterocycles. The average molecular weight is 137 g/mol. The zero-order valence-electron chi connectivity index (χ0n) is 6.85. The maximum atomic E-state index is 2.44. The fourth-order valence-corrected chi connectivity index (χ4v) is 1.93. The Morgan fingerprint density at radius 2 is 1.90 bits per heavy atom. The van der Waals surface area contributed by atoms with E-state index in [-0.39, 0.29) is 0 Å². The summed E-state index contributed by atoms with van der Waals surface area (Å²) in [7, 11) is 2.21. The molecule has 0 aromatic rings. The normalized spacial score (nSPS) is 30.4. The molecule has 0 radical (unpaired) electrons. The Morgan fingerprint density at radius 1 is 1.40 bits per heavy atom. The lowest BCUT2D eigenvalue weighted by molar-refractivity contribution is 0.217. The van der Waals surface area contributed by atoms with Crippen molar-refractivity contribution in [2.45, 2.75) is 19.8 Å². The van der Waals surface area contributed by atoms with Gasteiger partial charge >= 0.3 is 0 Å². The highest BCUT2D eigenvalue weighted by atomic mass is 15.1. The van der Waals surface area contributed by atoms with Crippen molar-refractivity contribution in [2.24, 2.45) is 5.41 Å². The molecular formula is C9H15N. The molecule has 0 atom stereocenters. The molecule has 1 saturated heterocycles. The highest BCUT2D eigenvalue weighted by Crippen LogP contribution is 2.51. The summed E-state index contributed by atoms with van der Waals surface area (Å²) in [6.45, 7) is 4.84. The van der Waals surface area contributed by atoms with Gasteiger partial charge in [0.25, 0.3) is 0 Å². The van der Waals surface area contributed by atoms with Crippen LogP contribution in [0.2, 0.25) is 0 Å². The quantitative estimate of drug-likeness (QED) is 0.459. The molecule has 56 valence electrons. The first-order valence-corrected chi connectivity index (χ1v) is 4.11. The number of nitrogens with zero attached hydrogens (tertiary/aromatic N) is 1. The van der Waals surface area contributed by atoms with Gasteiger partial charge < -0.3 is 4.90 Å². The lowest BCUT2D eigenvalue weighted by atomic mass is 9.89. The molecule has 1 nitrogen and oxygen atoms in total. The molecule has 0 unspecified atom stereocenters. The highest BCUT2D eigenvalue weighted by Gasteiger charge is 2.42. The number of piperidine rings is 1. The molecule has 0 aromatic heterocycles. The average Bonchev–Trinajstić information content (AvgIpc) is 2.53. The number of likely N-dealkylation sites (tertiary alicyclic amines) is 1. The van der Waals surface area contributed by atoms with Crippen molar-refractivity contribution in [3.05, 3.63) is 11.6 Å². The Labute approximate surface area is 62.7 Å². The first-order chi connectivity index (χ1) is 4.73. The Balaban J connectivity index is 1.94. The minimum Gasteiger partial charge on any atom is -0.306 e. The smallest absolute Gasteiger partial charge is 0.0115 e. The van der Waals surface area contributed by atoms with Gasteiger partial charge in [-0.05, 0) is 39.9 Å². The van der Waals surface area contributed by atoms with Crippen LogP contribution in [0.4, 0.5) is 0 Å². The lowest BCUT2D eigenvalue weighted by Gasteiger charge is -2.30. The predicted octanol–water partition coefficient (Wildman–Crippen LogP) is 1.66. The van der Waals surface area contributed by atoms with E-state index in [0.29, 0.717) is 5.41 Å². The molecule has 0 N–H and O–H groups in total. The van der Waals surface area contributed by atoms with E-state index in [4.69, 9.17) is 0 Å². The second-order valence-electron chi connectivity index (χ2n) is 3.79. The van der Waals surface area contributed by atoms with Gasteiger partial charge in [-0.3, -0.25) is 0 Å². The van der Waals surface area contributed by atoms with Gasteiger partial charge in [0.1, 0.15) is 0 Å². The molecule has 0 saturated carbocycles. The van der Waals surface area contributed by atoms with Crippen LogP contribution in [0.3, 0.4) is 0 Å². The first kappa shape index (κ1) is 6.41.